The van der Waals surface area contributed by atoms with E-state index in [9.17, 15) is 4.79 Å². The van der Waals surface area contributed by atoms with Crippen molar-refractivity contribution in [1.82, 2.24) is 14.9 Å². The van der Waals surface area contributed by atoms with E-state index >= 15 is 0 Å². The van der Waals surface area contributed by atoms with Gasteiger partial charge < -0.3 is 9.64 Å². The van der Waals surface area contributed by atoms with Crippen LogP contribution in [-0.2, 0) is 4.79 Å². The van der Waals surface area contributed by atoms with Gasteiger partial charge >= 0.3 is 0 Å². The molecule has 1 aromatic heterocycles. The molecule has 1 aliphatic rings. The van der Waals surface area contributed by atoms with Crippen LogP contribution in [0.4, 0.5) is 0 Å². The Morgan fingerprint density at radius 3 is 3.00 bits per heavy atom. The fraction of sp³-hybridized carbons (Fsp3) is 0.235. The lowest BCUT2D eigenvalue weighted by Crippen LogP contribution is -2.29. The second kappa shape index (κ2) is 7.24. The number of aromatic nitrogens is 2. The Labute approximate surface area is 139 Å². The van der Waals surface area contributed by atoms with Gasteiger partial charge in [0.1, 0.15) is 12.4 Å². The average Bonchev–Trinajstić information content (AvgIpc) is 3.03. The molecule has 0 radical (unpaired) electrons. The van der Waals surface area contributed by atoms with Crippen LogP contribution >= 0.6 is 11.6 Å². The summed E-state index contributed by atoms with van der Waals surface area (Å²) >= 11 is 6.07. The second-order valence-corrected chi connectivity index (χ2v) is 5.62. The molecule has 0 spiro atoms. The summed E-state index contributed by atoms with van der Waals surface area (Å²) in [7, 11) is 0. The Kier molecular flexibility index (Phi) is 4.88. The van der Waals surface area contributed by atoms with Crippen molar-refractivity contribution >= 4 is 23.6 Å². The maximum absolute atomic E-state index is 12.2. The van der Waals surface area contributed by atoms with Crippen LogP contribution in [0.15, 0.2) is 48.9 Å². The predicted molar refractivity (Wildman–Crippen MR) is 88.1 cm³/mol. The van der Waals surface area contributed by atoms with Crippen molar-refractivity contribution in [3.05, 3.63) is 59.5 Å². The maximum atomic E-state index is 12.2. The van der Waals surface area contributed by atoms with Crippen molar-refractivity contribution in [2.45, 2.75) is 12.5 Å². The Morgan fingerprint density at radius 2 is 2.22 bits per heavy atom. The Balaban J connectivity index is 1.56. The number of hydrogen-bond donors (Lipinski definition) is 0. The molecule has 6 heteroatoms. The summed E-state index contributed by atoms with van der Waals surface area (Å²) in [6.07, 6.45) is 7.11. The van der Waals surface area contributed by atoms with Crippen molar-refractivity contribution in [2.75, 3.05) is 13.1 Å². The minimum Gasteiger partial charge on any atom is -0.472 e. The lowest BCUT2D eigenvalue weighted by Gasteiger charge is -2.15. The van der Waals surface area contributed by atoms with Gasteiger partial charge in [0.2, 0.25) is 11.8 Å². The number of hydrogen-bond acceptors (Lipinski definition) is 4. The van der Waals surface area contributed by atoms with Gasteiger partial charge in [-0.2, -0.15) is 0 Å². The highest BCUT2D eigenvalue weighted by molar-refractivity contribution is 6.32. The second-order valence-electron chi connectivity index (χ2n) is 5.22. The van der Waals surface area contributed by atoms with Crippen LogP contribution in [0.2, 0.25) is 5.02 Å². The first-order valence-electron chi connectivity index (χ1n) is 7.36. The first-order valence-corrected chi connectivity index (χ1v) is 7.74. The van der Waals surface area contributed by atoms with Crippen molar-refractivity contribution < 1.29 is 9.53 Å². The highest BCUT2D eigenvalue weighted by Gasteiger charge is 2.26. The third-order valence-corrected chi connectivity index (χ3v) is 3.95. The molecular formula is C17H16ClN3O2. The number of rotatable bonds is 4. The van der Waals surface area contributed by atoms with Crippen molar-refractivity contribution in [3.63, 3.8) is 0 Å². The van der Waals surface area contributed by atoms with Crippen LogP contribution in [0.1, 0.15) is 12.0 Å². The number of carbonyl (C=O) groups is 1. The lowest BCUT2D eigenvalue weighted by molar-refractivity contribution is -0.125. The molecule has 1 fully saturated rings. The molecule has 3 rings (SSSR count). The van der Waals surface area contributed by atoms with Crippen LogP contribution in [0.3, 0.4) is 0 Å². The highest BCUT2D eigenvalue weighted by atomic mass is 35.5. The van der Waals surface area contributed by atoms with Crippen molar-refractivity contribution in [3.8, 4) is 5.88 Å². The summed E-state index contributed by atoms with van der Waals surface area (Å²) in [5.41, 5.74) is 0.829. The highest BCUT2D eigenvalue weighted by Crippen LogP contribution is 2.18. The number of amides is 1. The first-order chi connectivity index (χ1) is 11.2. The zero-order chi connectivity index (χ0) is 16.1. The smallest absolute Gasteiger partial charge is 0.246 e. The third-order valence-electron chi connectivity index (χ3n) is 3.61. The summed E-state index contributed by atoms with van der Waals surface area (Å²) in [5.74, 6) is 0.490. The van der Waals surface area contributed by atoms with Gasteiger partial charge in [-0.15, -0.1) is 0 Å². The van der Waals surface area contributed by atoms with E-state index in [1.807, 2.05) is 18.2 Å². The maximum Gasteiger partial charge on any atom is 0.246 e. The number of likely N-dealkylation sites (tertiary alicyclic amines) is 1. The molecule has 0 bridgehead atoms. The Bertz CT molecular complexity index is 706. The molecular weight excluding hydrogens is 314 g/mol. The summed E-state index contributed by atoms with van der Waals surface area (Å²) in [4.78, 5) is 21.9. The molecule has 118 valence electrons. The van der Waals surface area contributed by atoms with E-state index in [0.29, 0.717) is 24.0 Å². The van der Waals surface area contributed by atoms with Gasteiger partial charge in [-0.1, -0.05) is 29.8 Å². The molecule has 0 N–H and O–H groups in total. The molecule has 1 amide bonds. The van der Waals surface area contributed by atoms with Gasteiger partial charge in [-0.05, 0) is 17.7 Å². The molecule has 2 aromatic rings. The largest absolute Gasteiger partial charge is 0.472 e. The molecule has 1 aliphatic heterocycles. The zero-order valence-corrected chi connectivity index (χ0v) is 13.2. The molecule has 1 unspecified atom stereocenters. The van der Waals surface area contributed by atoms with E-state index in [-0.39, 0.29) is 12.0 Å². The third kappa shape index (κ3) is 4.07. The number of benzene rings is 1. The number of carbonyl (C=O) groups excluding carboxylic acids is 1. The quantitative estimate of drug-likeness (QED) is 0.809. The standard InChI is InChI=1S/C17H16ClN3O2/c18-15-4-2-1-3-13(15)5-6-17(22)21-10-8-14(11-21)23-16-7-9-19-12-20-16/h1-7,9,12,14H,8,10-11H2. The number of ether oxygens (including phenoxy) is 1. The summed E-state index contributed by atoms with van der Waals surface area (Å²) in [6, 6.07) is 9.13. The van der Waals surface area contributed by atoms with Crippen LogP contribution in [0, 0.1) is 0 Å². The predicted octanol–water partition coefficient (Wildman–Crippen LogP) is 2.82. The first kappa shape index (κ1) is 15.5. The van der Waals surface area contributed by atoms with E-state index in [2.05, 4.69) is 9.97 Å². The minimum atomic E-state index is -0.0429. The van der Waals surface area contributed by atoms with E-state index in [1.165, 1.54) is 6.33 Å². The monoisotopic (exact) mass is 329 g/mol. The van der Waals surface area contributed by atoms with Crippen LogP contribution in [0.5, 0.6) is 5.88 Å². The molecule has 0 saturated carbocycles. The SMILES string of the molecule is O=C(C=Cc1ccccc1Cl)N1CCC(Oc2ccncn2)C1. The molecule has 23 heavy (non-hydrogen) atoms. The van der Waals surface area contributed by atoms with Crippen LogP contribution in [-0.4, -0.2) is 40.0 Å². The van der Waals surface area contributed by atoms with Crippen molar-refractivity contribution in [1.29, 1.82) is 0 Å². The van der Waals surface area contributed by atoms with E-state index < -0.39 is 0 Å². The van der Waals surface area contributed by atoms with Crippen LogP contribution in [0.25, 0.3) is 6.08 Å². The molecule has 1 atom stereocenters. The van der Waals surface area contributed by atoms with Gasteiger partial charge in [-0.25, -0.2) is 9.97 Å². The summed E-state index contributed by atoms with van der Waals surface area (Å²) in [5, 5.41) is 0.628. The number of halogens is 1. The van der Waals surface area contributed by atoms with E-state index in [1.54, 1.807) is 35.4 Å². The molecule has 0 aliphatic carbocycles. The Hall–Kier alpha value is -2.40. The molecule has 1 saturated heterocycles. The van der Waals surface area contributed by atoms with Gasteiger partial charge in [0, 0.05) is 36.3 Å². The van der Waals surface area contributed by atoms with E-state index in [4.69, 9.17) is 16.3 Å². The average molecular weight is 330 g/mol. The van der Waals surface area contributed by atoms with Crippen LogP contribution < -0.4 is 4.74 Å². The normalized spacial score (nSPS) is 17.6. The Morgan fingerprint density at radius 1 is 1.35 bits per heavy atom. The molecule has 5 nitrogen and oxygen atoms in total. The lowest BCUT2D eigenvalue weighted by atomic mass is 10.2. The van der Waals surface area contributed by atoms with Gasteiger partial charge in [-0.3, -0.25) is 4.79 Å². The van der Waals surface area contributed by atoms with Crippen molar-refractivity contribution in [2.24, 2.45) is 0 Å². The minimum absolute atomic E-state index is 0.0393. The van der Waals surface area contributed by atoms with Gasteiger partial charge in [0.15, 0.2) is 0 Å². The zero-order valence-electron chi connectivity index (χ0n) is 12.4. The summed E-state index contributed by atoms with van der Waals surface area (Å²) < 4.78 is 5.75. The van der Waals surface area contributed by atoms with E-state index in [0.717, 1.165) is 12.0 Å². The van der Waals surface area contributed by atoms with Gasteiger partial charge in [0.05, 0.1) is 6.54 Å². The molecule has 2 heterocycles. The number of nitrogens with zero attached hydrogens (tertiary/aromatic N) is 3. The fourth-order valence-corrected chi connectivity index (χ4v) is 2.62. The molecule has 1 aromatic carbocycles. The fourth-order valence-electron chi connectivity index (χ4n) is 2.42. The topological polar surface area (TPSA) is 55.3 Å². The summed E-state index contributed by atoms with van der Waals surface area (Å²) in [6.45, 7) is 1.22. The van der Waals surface area contributed by atoms with Gasteiger partial charge in [0.25, 0.3) is 0 Å².